The van der Waals surface area contributed by atoms with Crippen LogP contribution in [0.1, 0.15) is 5.56 Å². The van der Waals surface area contributed by atoms with Crippen molar-refractivity contribution in [1.82, 2.24) is 0 Å². The molecule has 0 aromatic heterocycles. The second kappa shape index (κ2) is 6.17. The normalized spacial score (nSPS) is 12.0. The number of nitriles is 1. The van der Waals surface area contributed by atoms with Crippen LogP contribution in [-0.2, 0) is 0 Å². The van der Waals surface area contributed by atoms with E-state index in [-0.39, 0.29) is 27.3 Å². The van der Waals surface area contributed by atoms with Gasteiger partial charge in [-0.1, -0.05) is 11.6 Å². The zero-order valence-corrected chi connectivity index (χ0v) is 10.9. The molecule has 0 amide bonds. The maximum atomic E-state index is 13.6. The second-order valence-electron chi connectivity index (χ2n) is 3.23. The molecule has 0 aliphatic heterocycles. The number of anilines is 1. The summed E-state index contributed by atoms with van der Waals surface area (Å²) in [7, 11) is 0. The standard InChI is InChI=1S/C10H9BrClFN2O2/c11-7-1-8(12)10(6(2-14)9(7)13)15-3-5(17)4-16/h1,5,15-17H,3-4H2. The molecular formula is C10H9BrClFN2O2. The number of hydrogen-bond acceptors (Lipinski definition) is 4. The molecule has 1 aromatic rings. The van der Waals surface area contributed by atoms with E-state index in [4.69, 9.17) is 27.1 Å². The summed E-state index contributed by atoms with van der Waals surface area (Å²) in [4.78, 5) is 0. The van der Waals surface area contributed by atoms with Crippen molar-refractivity contribution < 1.29 is 14.6 Å². The quantitative estimate of drug-likeness (QED) is 0.740. The molecule has 1 unspecified atom stereocenters. The number of rotatable bonds is 4. The van der Waals surface area contributed by atoms with Gasteiger partial charge in [0.1, 0.15) is 11.6 Å². The average Bonchev–Trinajstić information content (AvgIpc) is 2.31. The van der Waals surface area contributed by atoms with Gasteiger partial charge < -0.3 is 15.5 Å². The zero-order chi connectivity index (χ0) is 13.0. The molecule has 0 radical (unpaired) electrons. The molecule has 0 aliphatic carbocycles. The Morgan fingerprint density at radius 3 is 2.82 bits per heavy atom. The van der Waals surface area contributed by atoms with Gasteiger partial charge in [-0.3, -0.25) is 0 Å². The lowest BCUT2D eigenvalue weighted by atomic mass is 10.1. The van der Waals surface area contributed by atoms with Gasteiger partial charge in [0.05, 0.1) is 27.9 Å². The molecule has 0 bridgehead atoms. The van der Waals surface area contributed by atoms with E-state index in [1.54, 1.807) is 6.07 Å². The van der Waals surface area contributed by atoms with E-state index in [1.165, 1.54) is 6.07 Å². The summed E-state index contributed by atoms with van der Waals surface area (Å²) >= 11 is 8.80. The van der Waals surface area contributed by atoms with Crippen molar-refractivity contribution in [3.63, 3.8) is 0 Å². The molecule has 0 heterocycles. The molecule has 0 spiro atoms. The van der Waals surface area contributed by atoms with Crippen molar-refractivity contribution >= 4 is 33.2 Å². The fourth-order valence-electron chi connectivity index (χ4n) is 1.16. The minimum atomic E-state index is -1.01. The molecule has 1 aromatic carbocycles. The van der Waals surface area contributed by atoms with Crippen molar-refractivity contribution in [3.05, 3.63) is 26.9 Å². The van der Waals surface area contributed by atoms with Crippen molar-refractivity contribution in [2.45, 2.75) is 6.10 Å². The first-order valence-corrected chi connectivity index (χ1v) is 5.78. The van der Waals surface area contributed by atoms with E-state index >= 15 is 0 Å². The Balaban J connectivity index is 3.07. The van der Waals surface area contributed by atoms with Gasteiger partial charge in [0, 0.05) is 6.54 Å². The monoisotopic (exact) mass is 322 g/mol. The number of aliphatic hydroxyl groups excluding tert-OH is 2. The van der Waals surface area contributed by atoms with Gasteiger partial charge in [-0.05, 0) is 22.0 Å². The van der Waals surface area contributed by atoms with E-state index in [0.717, 1.165) is 0 Å². The molecule has 17 heavy (non-hydrogen) atoms. The third-order valence-corrected chi connectivity index (χ3v) is 2.88. The number of nitrogens with zero attached hydrogens (tertiary/aromatic N) is 1. The Kier molecular flexibility index (Phi) is 5.15. The largest absolute Gasteiger partial charge is 0.394 e. The molecule has 3 N–H and O–H groups in total. The lowest BCUT2D eigenvalue weighted by Gasteiger charge is -2.14. The van der Waals surface area contributed by atoms with E-state index in [9.17, 15) is 4.39 Å². The highest BCUT2D eigenvalue weighted by Crippen LogP contribution is 2.32. The molecule has 0 aliphatic rings. The Labute approximate surface area is 111 Å². The number of benzene rings is 1. The van der Waals surface area contributed by atoms with E-state index in [1.807, 2.05) is 0 Å². The van der Waals surface area contributed by atoms with Crippen LogP contribution in [0.4, 0.5) is 10.1 Å². The predicted molar refractivity (Wildman–Crippen MR) is 65.4 cm³/mol. The van der Waals surface area contributed by atoms with Crippen LogP contribution in [0.2, 0.25) is 5.02 Å². The van der Waals surface area contributed by atoms with Crippen LogP contribution in [0.15, 0.2) is 10.5 Å². The van der Waals surface area contributed by atoms with Crippen molar-refractivity contribution in [2.24, 2.45) is 0 Å². The highest BCUT2D eigenvalue weighted by Gasteiger charge is 2.16. The van der Waals surface area contributed by atoms with Gasteiger partial charge in [0.15, 0.2) is 5.82 Å². The Bertz CT molecular complexity index is 465. The first-order chi connectivity index (χ1) is 8.01. The van der Waals surface area contributed by atoms with Crippen LogP contribution >= 0.6 is 27.5 Å². The average molecular weight is 324 g/mol. The number of hydrogen-bond donors (Lipinski definition) is 3. The van der Waals surface area contributed by atoms with Gasteiger partial charge in [-0.2, -0.15) is 5.26 Å². The highest BCUT2D eigenvalue weighted by atomic mass is 79.9. The molecule has 92 valence electrons. The first kappa shape index (κ1) is 14.2. The van der Waals surface area contributed by atoms with Crippen LogP contribution in [0.5, 0.6) is 0 Å². The second-order valence-corrected chi connectivity index (χ2v) is 4.49. The Morgan fingerprint density at radius 2 is 2.29 bits per heavy atom. The van der Waals surface area contributed by atoms with Gasteiger partial charge in [-0.25, -0.2) is 4.39 Å². The fourth-order valence-corrected chi connectivity index (χ4v) is 1.99. The summed E-state index contributed by atoms with van der Waals surface area (Å²) in [6.45, 7) is -0.475. The number of nitrogens with one attached hydrogen (secondary N) is 1. The van der Waals surface area contributed by atoms with E-state index in [2.05, 4.69) is 21.2 Å². The van der Waals surface area contributed by atoms with Crippen LogP contribution in [0.25, 0.3) is 0 Å². The minimum Gasteiger partial charge on any atom is -0.394 e. The van der Waals surface area contributed by atoms with Crippen molar-refractivity contribution in [3.8, 4) is 6.07 Å². The van der Waals surface area contributed by atoms with E-state index < -0.39 is 18.5 Å². The van der Waals surface area contributed by atoms with Crippen molar-refractivity contribution in [1.29, 1.82) is 5.26 Å². The zero-order valence-electron chi connectivity index (χ0n) is 8.54. The molecular weight excluding hydrogens is 314 g/mol. The van der Waals surface area contributed by atoms with E-state index in [0.29, 0.717) is 0 Å². The predicted octanol–water partition coefficient (Wildman–Crippen LogP) is 1.88. The number of halogens is 3. The molecule has 1 atom stereocenters. The molecule has 0 saturated carbocycles. The molecule has 0 saturated heterocycles. The highest BCUT2D eigenvalue weighted by molar-refractivity contribution is 9.10. The molecule has 4 nitrogen and oxygen atoms in total. The third-order valence-electron chi connectivity index (χ3n) is 2.01. The summed E-state index contributed by atoms with van der Waals surface area (Å²) in [5, 5.41) is 29.4. The lowest BCUT2D eigenvalue weighted by molar-refractivity contribution is 0.105. The van der Waals surface area contributed by atoms with Gasteiger partial charge in [-0.15, -0.1) is 0 Å². The SMILES string of the molecule is N#Cc1c(F)c(Br)cc(Cl)c1NCC(O)CO. The fraction of sp³-hybridized carbons (Fsp3) is 0.300. The molecule has 7 heteroatoms. The summed E-state index contributed by atoms with van der Waals surface area (Å²) in [5.74, 6) is -0.724. The van der Waals surface area contributed by atoms with Crippen LogP contribution in [0, 0.1) is 17.1 Å². The van der Waals surface area contributed by atoms with Gasteiger partial charge in [0.2, 0.25) is 0 Å². The lowest BCUT2D eigenvalue weighted by Crippen LogP contribution is -2.23. The minimum absolute atomic E-state index is 0.0357. The van der Waals surface area contributed by atoms with Crippen LogP contribution in [0.3, 0.4) is 0 Å². The Hall–Kier alpha value is -0.870. The van der Waals surface area contributed by atoms with Crippen molar-refractivity contribution in [2.75, 3.05) is 18.5 Å². The molecule has 1 rings (SSSR count). The van der Waals surface area contributed by atoms with Crippen LogP contribution < -0.4 is 5.32 Å². The summed E-state index contributed by atoms with van der Waals surface area (Å²) in [5.41, 5.74) is -0.142. The maximum Gasteiger partial charge on any atom is 0.157 e. The number of aliphatic hydroxyl groups is 2. The van der Waals surface area contributed by atoms with Gasteiger partial charge in [0.25, 0.3) is 0 Å². The summed E-state index contributed by atoms with van der Waals surface area (Å²) in [6.07, 6.45) is -1.01. The molecule has 0 fully saturated rings. The Morgan fingerprint density at radius 1 is 1.65 bits per heavy atom. The summed E-state index contributed by atoms with van der Waals surface area (Å²) in [6, 6.07) is 3.00. The first-order valence-electron chi connectivity index (χ1n) is 4.61. The van der Waals surface area contributed by atoms with Gasteiger partial charge >= 0.3 is 0 Å². The topological polar surface area (TPSA) is 76.3 Å². The van der Waals surface area contributed by atoms with Crippen LogP contribution in [-0.4, -0.2) is 29.5 Å². The smallest absolute Gasteiger partial charge is 0.157 e. The maximum absolute atomic E-state index is 13.6. The summed E-state index contributed by atoms with van der Waals surface area (Å²) < 4.78 is 13.7. The third kappa shape index (κ3) is 3.30.